The number of hydrogen-bond acceptors (Lipinski definition) is 3. The number of carbonyl (C=O) groups excluding carboxylic acids is 1. The highest BCUT2D eigenvalue weighted by Gasteiger charge is 2.12. The van der Waals surface area contributed by atoms with Gasteiger partial charge in [-0.1, -0.05) is 24.3 Å². The Kier molecular flexibility index (Phi) is 6.99. The number of carboxylic acid groups (broad SMARTS) is 1. The number of aliphatic carboxylic acids is 1. The monoisotopic (exact) mass is 380 g/mol. The van der Waals surface area contributed by atoms with E-state index < -0.39 is 17.9 Å². The fourth-order valence-corrected chi connectivity index (χ4v) is 2.90. The lowest BCUT2D eigenvalue weighted by Crippen LogP contribution is -2.37. The van der Waals surface area contributed by atoms with Crippen LogP contribution in [0.5, 0.6) is 0 Å². The lowest BCUT2D eigenvalue weighted by atomic mass is 9.94. The Labute approximate surface area is 166 Å². The van der Waals surface area contributed by atoms with Crippen molar-refractivity contribution in [3.8, 4) is 11.1 Å². The van der Waals surface area contributed by atoms with Gasteiger partial charge >= 0.3 is 5.97 Å². The summed E-state index contributed by atoms with van der Waals surface area (Å²) in [5, 5.41) is 14.6. The SMILES string of the molecule is Cc1cc(-c2ccc(NC(C)C)cc2)c(C)cc1C=CC(=O)N[C@@H](C)C(=O)O. The van der Waals surface area contributed by atoms with E-state index in [0.717, 1.165) is 33.5 Å². The molecule has 0 spiro atoms. The number of nitrogens with one attached hydrogen (secondary N) is 2. The average Bonchev–Trinajstić information content (AvgIpc) is 2.62. The lowest BCUT2D eigenvalue weighted by Gasteiger charge is -2.13. The van der Waals surface area contributed by atoms with E-state index in [1.807, 2.05) is 19.9 Å². The fraction of sp³-hybridized carbons (Fsp3) is 0.304. The van der Waals surface area contributed by atoms with Crippen LogP contribution in [0.1, 0.15) is 37.5 Å². The molecular weight excluding hydrogens is 352 g/mol. The molecule has 2 rings (SSSR count). The van der Waals surface area contributed by atoms with Crippen LogP contribution < -0.4 is 10.6 Å². The van der Waals surface area contributed by atoms with Gasteiger partial charge in [-0.2, -0.15) is 0 Å². The van der Waals surface area contributed by atoms with Crippen molar-refractivity contribution >= 4 is 23.6 Å². The Morgan fingerprint density at radius 3 is 2.21 bits per heavy atom. The zero-order chi connectivity index (χ0) is 20.8. The van der Waals surface area contributed by atoms with E-state index in [1.165, 1.54) is 13.0 Å². The first-order valence-corrected chi connectivity index (χ1v) is 9.37. The third-order valence-electron chi connectivity index (χ3n) is 4.41. The first kappa shape index (κ1) is 21.2. The topological polar surface area (TPSA) is 78.4 Å². The second-order valence-electron chi connectivity index (χ2n) is 7.30. The van der Waals surface area contributed by atoms with Crippen molar-refractivity contribution in [2.75, 3.05) is 5.32 Å². The summed E-state index contributed by atoms with van der Waals surface area (Å²) in [4.78, 5) is 22.7. The minimum atomic E-state index is -1.06. The molecule has 28 heavy (non-hydrogen) atoms. The van der Waals surface area contributed by atoms with E-state index in [4.69, 9.17) is 5.11 Å². The van der Waals surface area contributed by atoms with E-state index in [2.05, 4.69) is 54.8 Å². The van der Waals surface area contributed by atoms with E-state index in [9.17, 15) is 9.59 Å². The Morgan fingerprint density at radius 2 is 1.64 bits per heavy atom. The number of amides is 1. The standard InChI is InChI=1S/C23H28N2O3/c1-14(2)24-20-9-6-18(7-10-20)21-13-15(3)19(12-16(21)4)8-11-22(26)25-17(5)23(27)28/h6-14,17,24H,1-5H3,(H,25,26)(H,27,28)/t17-/m0/s1. The average molecular weight is 380 g/mol. The molecule has 0 fully saturated rings. The quantitative estimate of drug-likeness (QED) is 0.623. The molecule has 1 amide bonds. The van der Waals surface area contributed by atoms with Gasteiger partial charge in [-0.25, -0.2) is 0 Å². The predicted molar refractivity (Wildman–Crippen MR) is 114 cm³/mol. The Balaban J connectivity index is 2.19. The van der Waals surface area contributed by atoms with Crippen molar-refractivity contribution in [1.29, 1.82) is 0 Å². The first-order valence-electron chi connectivity index (χ1n) is 9.37. The highest BCUT2D eigenvalue weighted by molar-refractivity contribution is 5.94. The minimum Gasteiger partial charge on any atom is -0.480 e. The molecule has 2 aromatic rings. The summed E-state index contributed by atoms with van der Waals surface area (Å²) in [5.41, 5.74) is 6.45. The van der Waals surface area contributed by atoms with Gasteiger partial charge in [-0.05, 0) is 80.6 Å². The van der Waals surface area contributed by atoms with Crippen molar-refractivity contribution in [3.05, 3.63) is 59.2 Å². The maximum Gasteiger partial charge on any atom is 0.325 e. The molecule has 3 N–H and O–H groups in total. The molecule has 5 heteroatoms. The number of rotatable bonds is 7. The zero-order valence-corrected chi connectivity index (χ0v) is 17.0. The van der Waals surface area contributed by atoms with Crippen LogP contribution in [0.3, 0.4) is 0 Å². The third kappa shape index (κ3) is 5.71. The van der Waals surface area contributed by atoms with Crippen molar-refractivity contribution in [1.82, 2.24) is 5.32 Å². The molecule has 0 unspecified atom stereocenters. The van der Waals surface area contributed by atoms with Gasteiger partial charge < -0.3 is 15.7 Å². The smallest absolute Gasteiger partial charge is 0.325 e. The summed E-state index contributed by atoms with van der Waals surface area (Å²) in [5.74, 6) is -1.49. The van der Waals surface area contributed by atoms with E-state index in [0.29, 0.717) is 6.04 Å². The van der Waals surface area contributed by atoms with Gasteiger partial charge in [-0.15, -0.1) is 0 Å². The van der Waals surface area contributed by atoms with Gasteiger partial charge in [0.1, 0.15) is 6.04 Å². The van der Waals surface area contributed by atoms with Crippen LogP contribution in [-0.4, -0.2) is 29.1 Å². The van der Waals surface area contributed by atoms with Gasteiger partial charge in [0.05, 0.1) is 0 Å². The summed E-state index contributed by atoms with van der Waals surface area (Å²) < 4.78 is 0. The maximum atomic E-state index is 11.9. The number of anilines is 1. The van der Waals surface area contributed by atoms with Crippen LogP contribution >= 0.6 is 0 Å². The first-order chi connectivity index (χ1) is 13.2. The normalized spacial score (nSPS) is 12.2. The lowest BCUT2D eigenvalue weighted by molar-refractivity contribution is -0.140. The van der Waals surface area contributed by atoms with Crippen molar-refractivity contribution in [2.24, 2.45) is 0 Å². The molecule has 0 saturated heterocycles. The van der Waals surface area contributed by atoms with E-state index in [1.54, 1.807) is 6.08 Å². The van der Waals surface area contributed by atoms with Crippen LogP contribution in [0.15, 0.2) is 42.5 Å². The molecule has 0 heterocycles. The van der Waals surface area contributed by atoms with Crippen LogP contribution in [0.4, 0.5) is 5.69 Å². The highest BCUT2D eigenvalue weighted by Crippen LogP contribution is 2.28. The highest BCUT2D eigenvalue weighted by atomic mass is 16.4. The molecule has 148 valence electrons. The van der Waals surface area contributed by atoms with E-state index in [-0.39, 0.29) is 0 Å². The molecule has 0 aromatic heterocycles. The molecule has 2 aromatic carbocycles. The zero-order valence-electron chi connectivity index (χ0n) is 17.0. The van der Waals surface area contributed by atoms with Gasteiger partial charge in [0, 0.05) is 17.8 Å². The molecule has 0 radical (unpaired) electrons. The summed E-state index contributed by atoms with van der Waals surface area (Å²) in [7, 11) is 0. The maximum absolute atomic E-state index is 11.9. The third-order valence-corrected chi connectivity index (χ3v) is 4.41. The summed E-state index contributed by atoms with van der Waals surface area (Å²) in [6.45, 7) is 9.68. The predicted octanol–water partition coefficient (Wildman–Crippen LogP) is 4.39. The van der Waals surface area contributed by atoms with Crippen LogP contribution in [0.25, 0.3) is 17.2 Å². The number of benzene rings is 2. The molecule has 0 aliphatic rings. The fourth-order valence-electron chi connectivity index (χ4n) is 2.90. The number of aryl methyl sites for hydroxylation is 2. The van der Waals surface area contributed by atoms with E-state index >= 15 is 0 Å². The van der Waals surface area contributed by atoms with Crippen LogP contribution in [0, 0.1) is 13.8 Å². The minimum absolute atomic E-state index is 0.386. The molecule has 0 aliphatic heterocycles. The molecule has 5 nitrogen and oxygen atoms in total. The molecule has 1 atom stereocenters. The molecule has 0 aliphatic carbocycles. The number of carboxylic acids is 1. The number of carbonyl (C=O) groups is 2. The summed E-state index contributed by atoms with van der Waals surface area (Å²) >= 11 is 0. The molecule has 0 bridgehead atoms. The van der Waals surface area contributed by atoms with Crippen LogP contribution in [0.2, 0.25) is 0 Å². The Hall–Kier alpha value is -3.08. The summed E-state index contributed by atoms with van der Waals surface area (Å²) in [6, 6.07) is 12.0. The summed E-state index contributed by atoms with van der Waals surface area (Å²) in [6.07, 6.45) is 3.08. The van der Waals surface area contributed by atoms with Crippen LogP contribution in [-0.2, 0) is 9.59 Å². The Bertz CT molecular complexity index is 883. The Morgan fingerprint density at radius 1 is 1.00 bits per heavy atom. The van der Waals surface area contributed by atoms with Gasteiger partial charge in [0.15, 0.2) is 0 Å². The van der Waals surface area contributed by atoms with Gasteiger partial charge in [0.2, 0.25) is 5.91 Å². The largest absolute Gasteiger partial charge is 0.480 e. The molecular formula is C23H28N2O3. The van der Waals surface area contributed by atoms with Crippen molar-refractivity contribution in [3.63, 3.8) is 0 Å². The number of hydrogen-bond donors (Lipinski definition) is 3. The van der Waals surface area contributed by atoms with Gasteiger partial charge in [0.25, 0.3) is 0 Å². The van der Waals surface area contributed by atoms with Gasteiger partial charge in [-0.3, -0.25) is 9.59 Å². The molecule has 0 saturated carbocycles. The second-order valence-corrected chi connectivity index (χ2v) is 7.30. The second kappa shape index (κ2) is 9.22. The van der Waals surface area contributed by atoms with Crippen molar-refractivity contribution < 1.29 is 14.7 Å². The van der Waals surface area contributed by atoms with Crippen molar-refractivity contribution in [2.45, 2.75) is 46.7 Å².